The van der Waals surface area contributed by atoms with Crippen LogP contribution in [-0.4, -0.2) is 10.2 Å². The first-order chi connectivity index (χ1) is 8.95. The van der Waals surface area contributed by atoms with Gasteiger partial charge in [-0.2, -0.15) is 5.10 Å². The summed E-state index contributed by atoms with van der Waals surface area (Å²) in [6, 6.07) is 14.4. The largest absolute Gasteiger partial charge is 2.00 e. The SMILES string of the molecule is [Fe+2].[O-][Cl+3]([O-])([O-])[O-].c1ccc2c(c1)ccc1ccnnc12. The average molecular weight is 336 g/mol. The van der Waals surface area contributed by atoms with Crippen LogP contribution in [0.1, 0.15) is 0 Å². The second kappa shape index (κ2) is 6.92. The van der Waals surface area contributed by atoms with Crippen molar-refractivity contribution in [1.82, 2.24) is 10.2 Å². The Morgan fingerprint density at radius 2 is 1.40 bits per heavy atom. The molecule has 0 fully saturated rings. The predicted molar refractivity (Wildman–Crippen MR) is 57.0 cm³/mol. The van der Waals surface area contributed by atoms with Crippen molar-refractivity contribution in [2.24, 2.45) is 0 Å². The van der Waals surface area contributed by atoms with Crippen molar-refractivity contribution in [2.45, 2.75) is 0 Å². The Morgan fingerprint density at radius 3 is 2.10 bits per heavy atom. The number of rotatable bonds is 0. The molecular weight excluding hydrogens is 327 g/mol. The molecule has 2 aromatic carbocycles. The van der Waals surface area contributed by atoms with Crippen molar-refractivity contribution in [3.05, 3.63) is 48.7 Å². The van der Waals surface area contributed by atoms with E-state index in [0.29, 0.717) is 0 Å². The zero-order chi connectivity index (χ0) is 13.9. The van der Waals surface area contributed by atoms with Crippen LogP contribution in [0.3, 0.4) is 0 Å². The summed E-state index contributed by atoms with van der Waals surface area (Å²) in [6.07, 6.45) is 1.72. The summed E-state index contributed by atoms with van der Waals surface area (Å²) in [5.74, 6) is 0. The fraction of sp³-hybridized carbons (Fsp3) is 0. The first-order valence-electron chi connectivity index (χ1n) is 5.16. The summed E-state index contributed by atoms with van der Waals surface area (Å²) in [5.41, 5.74) is 0.977. The van der Waals surface area contributed by atoms with Crippen LogP contribution in [0.25, 0.3) is 21.7 Å². The van der Waals surface area contributed by atoms with E-state index in [2.05, 4.69) is 34.5 Å². The third-order valence-corrected chi connectivity index (χ3v) is 2.41. The van der Waals surface area contributed by atoms with Gasteiger partial charge < -0.3 is 0 Å². The molecule has 0 aliphatic carbocycles. The molecule has 20 heavy (non-hydrogen) atoms. The molecule has 0 bridgehead atoms. The number of halogens is 1. The number of hydrogen-bond donors (Lipinski definition) is 0. The Morgan fingerprint density at radius 1 is 0.800 bits per heavy atom. The van der Waals surface area contributed by atoms with Gasteiger partial charge in [0, 0.05) is 10.8 Å². The summed E-state index contributed by atoms with van der Waals surface area (Å²) < 4.78 is 34.0. The molecule has 104 valence electrons. The molecule has 0 saturated heterocycles. The Hall–Kier alpha value is -1.31. The van der Waals surface area contributed by atoms with Crippen molar-refractivity contribution in [3.8, 4) is 0 Å². The predicted octanol–water partition coefficient (Wildman–Crippen LogP) is -1.98. The molecule has 0 spiro atoms. The van der Waals surface area contributed by atoms with Gasteiger partial charge in [-0.05, 0) is 11.5 Å². The van der Waals surface area contributed by atoms with Gasteiger partial charge in [-0.3, -0.25) is 0 Å². The van der Waals surface area contributed by atoms with Crippen LogP contribution in [0, 0.1) is 10.2 Å². The van der Waals surface area contributed by atoms with Crippen molar-refractivity contribution in [1.29, 1.82) is 0 Å². The minimum absolute atomic E-state index is 0. The second-order valence-corrected chi connectivity index (χ2v) is 4.39. The third kappa shape index (κ3) is 4.66. The molecule has 3 rings (SSSR count). The monoisotopic (exact) mass is 335 g/mol. The number of hydrogen-bond acceptors (Lipinski definition) is 6. The maximum atomic E-state index is 8.49. The summed E-state index contributed by atoms with van der Waals surface area (Å²) in [6.45, 7) is 0. The van der Waals surface area contributed by atoms with Gasteiger partial charge in [-0.15, -0.1) is 15.3 Å². The van der Waals surface area contributed by atoms with Gasteiger partial charge in [0.05, 0.1) is 6.20 Å². The molecule has 1 aromatic heterocycles. The Labute approximate surface area is 126 Å². The van der Waals surface area contributed by atoms with Crippen LogP contribution in [-0.2, 0) is 17.1 Å². The molecule has 6 nitrogen and oxygen atoms in total. The van der Waals surface area contributed by atoms with Gasteiger partial charge in [0.2, 0.25) is 0 Å². The van der Waals surface area contributed by atoms with Crippen LogP contribution in [0.15, 0.2) is 48.7 Å². The van der Waals surface area contributed by atoms with Crippen molar-refractivity contribution >= 4 is 21.7 Å². The molecule has 0 N–H and O–H groups in total. The molecule has 8 heteroatoms. The molecule has 0 saturated carbocycles. The number of nitrogens with zero attached hydrogens (tertiary/aromatic N) is 2. The zero-order valence-corrected chi connectivity index (χ0v) is 11.7. The van der Waals surface area contributed by atoms with Gasteiger partial charge in [0.25, 0.3) is 0 Å². The number of fused-ring (bicyclic) bond motifs is 3. The smallest absolute Gasteiger partial charge is 0.222 e. The van der Waals surface area contributed by atoms with Crippen molar-refractivity contribution in [3.63, 3.8) is 0 Å². The number of benzene rings is 2. The maximum absolute atomic E-state index is 8.49. The minimum atomic E-state index is -4.94. The fourth-order valence-electron chi connectivity index (χ4n) is 1.72. The minimum Gasteiger partial charge on any atom is -0.222 e. The van der Waals surface area contributed by atoms with E-state index in [0.717, 1.165) is 16.3 Å². The zero-order valence-electron chi connectivity index (χ0n) is 9.88. The first kappa shape index (κ1) is 16.7. The molecule has 0 atom stereocenters. The molecular formula is C12H8ClFeN2O4+. The molecule has 0 aliphatic heterocycles. The van der Waals surface area contributed by atoms with Crippen LogP contribution in [0.4, 0.5) is 0 Å². The summed E-state index contributed by atoms with van der Waals surface area (Å²) in [4.78, 5) is 0. The molecule has 0 unspecified atom stereocenters. The number of aromatic nitrogens is 2. The molecule has 0 amide bonds. The molecule has 3 aromatic rings. The van der Waals surface area contributed by atoms with E-state index in [1.165, 1.54) is 5.39 Å². The Balaban J connectivity index is 0.000000293. The van der Waals surface area contributed by atoms with E-state index >= 15 is 0 Å². The second-order valence-electron chi connectivity index (χ2n) is 3.63. The van der Waals surface area contributed by atoms with Gasteiger partial charge in [0.1, 0.15) is 5.52 Å². The van der Waals surface area contributed by atoms with Crippen molar-refractivity contribution in [2.75, 3.05) is 0 Å². The third-order valence-electron chi connectivity index (χ3n) is 2.41. The Bertz CT molecular complexity index is 645. The van der Waals surface area contributed by atoms with Gasteiger partial charge in [0.15, 0.2) is 0 Å². The normalized spacial score (nSPS) is 10.6. The van der Waals surface area contributed by atoms with Crippen LogP contribution < -0.4 is 18.6 Å². The Kier molecular flexibility index (Phi) is 5.79. The fourth-order valence-corrected chi connectivity index (χ4v) is 1.72. The van der Waals surface area contributed by atoms with E-state index < -0.39 is 10.2 Å². The summed E-state index contributed by atoms with van der Waals surface area (Å²) in [7, 11) is -4.94. The van der Waals surface area contributed by atoms with Gasteiger partial charge in [-0.1, -0.05) is 36.4 Å². The first-order valence-corrected chi connectivity index (χ1v) is 6.39. The maximum Gasteiger partial charge on any atom is 2.00 e. The van der Waals surface area contributed by atoms with E-state index in [-0.39, 0.29) is 17.1 Å². The summed E-state index contributed by atoms with van der Waals surface area (Å²) in [5, 5.41) is 11.6. The van der Waals surface area contributed by atoms with E-state index in [9.17, 15) is 0 Å². The average Bonchev–Trinajstić information content (AvgIpc) is 2.37. The van der Waals surface area contributed by atoms with Gasteiger partial charge >= 0.3 is 17.1 Å². The van der Waals surface area contributed by atoms with E-state index in [1.54, 1.807) is 6.20 Å². The molecule has 0 aliphatic rings. The quantitative estimate of drug-likeness (QED) is 0.347. The standard InChI is InChI=1S/C12H8N2.ClHO4.Fe/c1-2-4-11-9(3-1)5-6-10-7-8-13-14-12(10)11;2-1(3,4)5;/h1-8H;(H,2,3,4,5);/q;;+2/p-1. The van der Waals surface area contributed by atoms with Crippen molar-refractivity contribution < 1.29 is 45.9 Å². The molecule has 0 radical (unpaired) electrons. The topological polar surface area (TPSA) is 118 Å². The van der Waals surface area contributed by atoms with Gasteiger partial charge in [-0.25, -0.2) is 18.6 Å². The van der Waals surface area contributed by atoms with Crippen LogP contribution >= 0.6 is 0 Å². The molecule has 1 heterocycles. The van der Waals surface area contributed by atoms with E-state index in [1.807, 2.05) is 18.2 Å². The van der Waals surface area contributed by atoms with E-state index in [4.69, 9.17) is 18.6 Å². The van der Waals surface area contributed by atoms with Crippen LogP contribution in [0.2, 0.25) is 0 Å². The summed E-state index contributed by atoms with van der Waals surface area (Å²) >= 11 is 0. The van der Waals surface area contributed by atoms with Crippen LogP contribution in [0.5, 0.6) is 0 Å².